The number of nitrogens with zero attached hydrogens (tertiary/aromatic N) is 1. The first-order valence-electron chi connectivity index (χ1n) is 7.61. The second kappa shape index (κ2) is 6.77. The number of nitrogens with two attached hydrogens (primary N) is 1. The van der Waals surface area contributed by atoms with E-state index in [1.807, 2.05) is 0 Å². The van der Waals surface area contributed by atoms with Gasteiger partial charge in [0, 0.05) is 12.1 Å². The molecule has 1 unspecified atom stereocenters. The Balaban J connectivity index is 2.94. The summed E-state index contributed by atoms with van der Waals surface area (Å²) in [6, 6.07) is 3.79. The summed E-state index contributed by atoms with van der Waals surface area (Å²) in [5, 5.41) is 20.1. The molecule has 2 rings (SSSR count). The van der Waals surface area contributed by atoms with Crippen LogP contribution in [0.4, 0.5) is 26.3 Å². The highest BCUT2D eigenvalue weighted by Gasteiger charge is 2.57. The molecular weight excluding hydrogens is 378 g/mol. The van der Waals surface area contributed by atoms with Gasteiger partial charge in [-0.05, 0) is 38.1 Å². The van der Waals surface area contributed by atoms with E-state index in [0.29, 0.717) is 0 Å². The van der Waals surface area contributed by atoms with Crippen LogP contribution in [-0.2, 0) is 11.2 Å². The van der Waals surface area contributed by atoms with Gasteiger partial charge in [-0.3, -0.25) is 0 Å². The SMILES string of the molecule is CC(C)(O)c1c(F)c(-c2ccc(F)cc2)nc(C(O)(CN)C(F)(F)F)c1F. The minimum Gasteiger partial charge on any atom is -0.386 e. The Morgan fingerprint density at radius 1 is 0.963 bits per heavy atom. The average molecular weight is 394 g/mol. The smallest absolute Gasteiger partial charge is 0.386 e. The van der Waals surface area contributed by atoms with Gasteiger partial charge in [0.2, 0.25) is 5.60 Å². The predicted octanol–water partition coefficient (Wildman–Crippen LogP) is 3.10. The van der Waals surface area contributed by atoms with Crippen molar-refractivity contribution in [3.8, 4) is 11.3 Å². The molecule has 1 heterocycles. The van der Waals surface area contributed by atoms with E-state index in [4.69, 9.17) is 5.73 Å². The number of alkyl halides is 3. The van der Waals surface area contributed by atoms with Crippen LogP contribution >= 0.6 is 0 Å². The molecule has 0 aliphatic rings. The fourth-order valence-electron chi connectivity index (χ4n) is 2.50. The van der Waals surface area contributed by atoms with Gasteiger partial charge < -0.3 is 15.9 Å². The Hall–Kier alpha value is -2.17. The molecule has 27 heavy (non-hydrogen) atoms. The maximum atomic E-state index is 14.8. The van der Waals surface area contributed by atoms with Crippen molar-refractivity contribution >= 4 is 0 Å². The van der Waals surface area contributed by atoms with Crippen molar-refractivity contribution < 1.29 is 36.6 Å². The van der Waals surface area contributed by atoms with E-state index < -0.39 is 58.3 Å². The molecule has 4 N–H and O–H groups in total. The molecule has 148 valence electrons. The van der Waals surface area contributed by atoms with Gasteiger partial charge in [-0.2, -0.15) is 13.2 Å². The Kier molecular flexibility index (Phi) is 5.30. The van der Waals surface area contributed by atoms with Crippen molar-refractivity contribution in [3.05, 3.63) is 53.0 Å². The van der Waals surface area contributed by atoms with Gasteiger partial charge in [0.05, 0.1) is 11.2 Å². The van der Waals surface area contributed by atoms with Crippen LogP contribution in [0.2, 0.25) is 0 Å². The normalized spacial score (nSPS) is 14.9. The number of benzene rings is 1. The number of rotatable bonds is 4. The fraction of sp³-hybridized carbons (Fsp3) is 0.353. The second-order valence-electron chi connectivity index (χ2n) is 6.44. The van der Waals surface area contributed by atoms with Gasteiger partial charge >= 0.3 is 6.18 Å². The van der Waals surface area contributed by atoms with Crippen molar-refractivity contribution in [2.75, 3.05) is 6.54 Å². The van der Waals surface area contributed by atoms with E-state index in [9.17, 15) is 36.6 Å². The Morgan fingerprint density at radius 2 is 1.48 bits per heavy atom. The third kappa shape index (κ3) is 3.64. The minimum absolute atomic E-state index is 0.192. The highest BCUT2D eigenvalue weighted by Crippen LogP contribution is 2.42. The molecule has 0 aliphatic carbocycles. The van der Waals surface area contributed by atoms with Crippen molar-refractivity contribution in [3.63, 3.8) is 0 Å². The number of hydrogen-bond acceptors (Lipinski definition) is 4. The molecular formula is C17H16F6N2O2. The minimum atomic E-state index is -5.44. The standard InChI is InChI=1S/C17H16F6N2O2/c1-15(2,26)10-11(19)13(8-3-5-9(18)6-4-8)25-14(12(10)20)16(27,7-24)17(21,22)23/h3-6,26-27H,7,24H2,1-2H3. The lowest BCUT2D eigenvalue weighted by atomic mass is 9.89. The van der Waals surface area contributed by atoms with Gasteiger partial charge in [-0.25, -0.2) is 18.2 Å². The molecule has 1 atom stereocenters. The molecule has 2 aromatic rings. The molecule has 0 amide bonds. The largest absolute Gasteiger partial charge is 0.424 e. The zero-order valence-corrected chi connectivity index (χ0v) is 14.2. The summed E-state index contributed by atoms with van der Waals surface area (Å²) in [5.41, 5.74) is -4.90. The first-order valence-corrected chi connectivity index (χ1v) is 7.61. The first kappa shape index (κ1) is 21.1. The summed E-state index contributed by atoms with van der Waals surface area (Å²) in [7, 11) is 0. The lowest BCUT2D eigenvalue weighted by Gasteiger charge is -2.31. The van der Waals surface area contributed by atoms with Crippen LogP contribution in [0.3, 0.4) is 0 Å². The van der Waals surface area contributed by atoms with Crippen LogP contribution in [0, 0.1) is 17.5 Å². The monoisotopic (exact) mass is 394 g/mol. The molecule has 0 radical (unpaired) electrons. The molecule has 0 fully saturated rings. The third-order valence-electron chi connectivity index (χ3n) is 3.96. The van der Waals surface area contributed by atoms with E-state index in [2.05, 4.69) is 4.98 Å². The summed E-state index contributed by atoms with van der Waals surface area (Å²) in [6.45, 7) is 0.393. The van der Waals surface area contributed by atoms with Crippen LogP contribution in [0.15, 0.2) is 24.3 Å². The maximum Gasteiger partial charge on any atom is 0.424 e. The maximum absolute atomic E-state index is 14.8. The lowest BCUT2D eigenvalue weighted by Crippen LogP contribution is -2.50. The topological polar surface area (TPSA) is 79.4 Å². The molecule has 0 spiro atoms. The quantitative estimate of drug-likeness (QED) is 0.697. The third-order valence-corrected chi connectivity index (χ3v) is 3.96. The van der Waals surface area contributed by atoms with Crippen molar-refractivity contribution in [1.82, 2.24) is 4.98 Å². The lowest BCUT2D eigenvalue weighted by molar-refractivity contribution is -0.264. The molecule has 1 aromatic heterocycles. The Bertz CT molecular complexity index is 846. The number of hydrogen-bond donors (Lipinski definition) is 3. The van der Waals surface area contributed by atoms with Crippen LogP contribution in [-0.4, -0.2) is 27.9 Å². The van der Waals surface area contributed by atoms with E-state index >= 15 is 0 Å². The number of aliphatic hydroxyl groups is 2. The molecule has 0 saturated carbocycles. The highest BCUT2D eigenvalue weighted by molar-refractivity contribution is 5.62. The number of aromatic nitrogens is 1. The molecule has 4 nitrogen and oxygen atoms in total. The zero-order chi connectivity index (χ0) is 20.8. The summed E-state index contributed by atoms with van der Waals surface area (Å²) < 4.78 is 82.7. The van der Waals surface area contributed by atoms with E-state index in [-0.39, 0.29) is 5.56 Å². The van der Waals surface area contributed by atoms with Gasteiger partial charge in [0.25, 0.3) is 0 Å². The molecule has 0 bridgehead atoms. The summed E-state index contributed by atoms with van der Waals surface area (Å²) >= 11 is 0. The van der Waals surface area contributed by atoms with Crippen molar-refractivity contribution in [2.24, 2.45) is 5.73 Å². The van der Waals surface area contributed by atoms with E-state index in [1.165, 1.54) is 0 Å². The van der Waals surface area contributed by atoms with Crippen molar-refractivity contribution in [2.45, 2.75) is 31.2 Å². The van der Waals surface area contributed by atoms with Gasteiger partial charge in [0.1, 0.15) is 17.2 Å². The Morgan fingerprint density at radius 3 is 1.89 bits per heavy atom. The molecule has 0 aliphatic heterocycles. The van der Waals surface area contributed by atoms with E-state index in [0.717, 1.165) is 38.1 Å². The Labute approximate surface area is 150 Å². The van der Waals surface area contributed by atoms with Crippen LogP contribution in [0.25, 0.3) is 11.3 Å². The summed E-state index contributed by atoms with van der Waals surface area (Å²) in [4.78, 5) is 3.32. The van der Waals surface area contributed by atoms with Crippen LogP contribution in [0.5, 0.6) is 0 Å². The number of pyridine rings is 1. The highest BCUT2D eigenvalue weighted by atomic mass is 19.4. The van der Waals surface area contributed by atoms with Crippen LogP contribution in [0.1, 0.15) is 25.1 Å². The second-order valence-corrected chi connectivity index (χ2v) is 6.44. The zero-order valence-electron chi connectivity index (χ0n) is 14.2. The van der Waals surface area contributed by atoms with Gasteiger partial charge in [-0.1, -0.05) is 0 Å². The summed E-state index contributed by atoms with van der Waals surface area (Å²) in [5.74, 6) is -4.04. The van der Waals surface area contributed by atoms with Crippen molar-refractivity contribution in [1.29, 1.82) is 0 Å². The fourth-order valence-corrected chi connectivity index (χ4v) is 2.50. The van der Waals surface area contributed by atoms with Gasteiger partial charge in [-0.15, -0.1) is 0 Å². The molecule has 10 heteroatoms. The first-order chi connectivity index (χ1) is 12.2. The number of halogens is 6. The molecule has 1 aromatic carbocycles. The summed E-state index contributed by atoms with van der Waals surface area (Å²) in [6.07, 6.45) is -5.44. The van der Waals surface area contributed by atoms with Gasteiger partial charge in [0.15, 0.2) is 11.6 Å². The van der Waals surface area contributed by atoms with E-state index in [1.54, 1.807) is 0 Å². The average Bonchev–Trinajstić information content (AvgIpc) is 2.53. The molecule has 0 saturated heterocycles. The van der Waals surface area contributed by atoms with Crippen LogP contribution < -0.4 is 5.73 Å². The predicted molar refractivity (Wildman–Crippen MR) is 83.8 cm³/mol.